The van der Waals surface area contributed by atoms with Crippen molar-refractivity contribution in [2.45, 2.75) is 58.4 Å². The molecule has 0 saturated heterocycles. The summed E-state index contributed by atoms with van der Waals surface area (Å²) >= 11 is 0. The molecule has 5 nitrogen and oxygen atoms in total. The number of rotatable bonds is 8. The molecule has 0 spiro atoms. The first-order chi connectivity index (χ1) is 14.3. The molecule has 1 unspecified atom stereocenters. The van der Waals surface area contributed by atoms with Crippen molar-refractivity contribution in [1.82, 2.24) is 4.72 Å². The highest BCUT2D eigenvalue weighted by Gasteiger charge is 2.12. The Morgan fingerprint density at radius 2 is 1.77 bits per heavy atom. The van der Waals surface area contributed by atoms with E-state index in [2.05, 4.69) is 28.8 Å². The summed E-state index contributed by atoms with van der Waals surface area (Å²) in [4.78, 5) is 0.630. The van der Waals surface area contributed by atoms with E-state index in [1.54, 1.807) is 43.5 Å². The number of hydrogen-bond donors (Lipinski definition) is 1. The Hall–Kier alpha value is -2.38. The summed E-state index contributed by atoms with van der Waals surface area (Å²) in [6, 6.07) is 13.2. The quantitative estimate of drug-likeness (QED) is 0.452. The van der Waals surface area contributed by atoms with Crippen LogP contribution in [0, 0.1) is 5.82 Å². The second-order valence-electron chi connectivity index (χ2n) is 6.87. The van der Waals surface area contributed by atoms with Gasteiger partial charge in [0.15, 0.2) is 0 Å². The molecule has 0 amide bonds. The second-order valence-corrected chi connectivity index (χ2v) is 8.12. The molecule has 0 aliphatic heterocycles. The van der Waals surface area contributed by atoms with Gasteiger partial charge in [-0.1, -0.05) is 38.5 Å². The number of methoxy groups -OCH3 is 1. The summed E-state index contributed by atoms with van der Waals surface area (Å²) in [5.41, 5.74) is 2.49. The maximum atomic E-state index is 12.9. The molecule has 7 heteroatoms. The van der Waals surface area contributed by atoms with Crippen molar-refractivity contribution in [2.24, 2.45) is 10.2 Å². The number of ether oxygens (including phenoxy) is 1. The standard InChI is InChI=1S/C20H24FN3O2S.C3H8/c1-14(12-17-8-10-18(21)11-9-17)22-23-15(2)16(3)24-27(25)20-7-5-6-19(13-20)26-4;1-3-2/h5-11,13,16,24H,12H2,1-4H3;3H2,1-2H3/b22-14+,23-15+;/t16-,27?;/m1./s1. The molecule has 0 saturated carbocycles. The van der Waals surface area contributed by atoms with Crippen molar-refractivity contribution in [3.05, 3.63) is 59.9 Å². The van der Waals surface area contributed by atoms with Crippen molar-refractivity contribution in [1.29, 1.82) is 0 Å². The number of hydrogen-bond acceptors (Lipinski definition) is 4. The number of benzene rings is 2. The van der Waals surface area contributed by atoms with E-state index in [4.69, 9.17) is 4.74 Å². The van der Waals surface area contributed by atoms with Gasteiger partial charge in [0, 0.05) is 12.1 Å². The largest absolute Gasteiger partial charge is 0.497 e. The van der Waals surface area contributed by atoms with Crippen molar-refractivity contribution < 1.29 is 13.3 Å². The van der Waals surface area contributed by atoms with E-state index < -0.39 is 11.0 Å². The lowest BCUT2D eigenvalue weighted by molar-refractivity contribution is 0.413. The SMILES string of the molecule is CCC.COc1cccc(S(=O)N[C@H](C)/C(C)=N/N=C(\C)Cc2ccc(F)cc2)c1. The van der Waals surface area contributed by atoms with Crippen LogP contribution in [0.25, 0.3) is 0 Å². The third-order valence-corrected chi connectivity index (χ3v) is 5.17. The third-order valence-electron chi connectivity index (χ3n) is 3.92. The van der Waals surface area contributed by atoms with Crippen LogP contribution in [0.3, 0.4) is 0 Å². The molecule has 0 aliphatic rings. The highest BCUT2D eigenvalue weighted by Crippen LogP contribution is 2.15. The van der Waals surface area contributed by atoms with E-state index in [1.807, 2.05) is 20.8 Å². The smallest absolute Gasteiger partial charge is 0.125 e. The number of halogens is 1. The number of nitrogens with one attached hydrogen (secondary N) is 1. The maximum Gasteiger partial charge on any atom is 0.125 e. The van der Waals surface area contributed by atoms with Crippen LogP contribution >= 0.6 is 0 Å². The predicted octanol–water partition coefficient (Wildman–Crippen LogP) is 5.33. The Morgan fingerprint density at radius 1 is 1.13 bits per heavy atom. The molecule has 2 aromatic carbocycles. The van der Waals surface area contributed by atoms with Gasteiger partial charge in [-0.05, 0) is 56.7 Å². The molecule has 0 bridgehead atoms. The Morgan fingerprint density at radius 3 is 2.37 bits per heavy atom. The fourth-order valence-corrected chi connectivity index (χ4v) is 3.27. The van der Waals surface area contributed by atoms with Crippen LogP contribution in [0.1, 0.15) is 46.6 Å². The minimum Gasteiger partial charge on any atom is -0.497 e. The van der Waals surface area contributed by atoms with Gasteiger partial charge in [-0.2, -0.15) is 10.2 Å². The Kier molecular flexibility index (Phi) is 11.8. The summed E-state index contributed by atoms with van der Waals surface area (Å²) in [5.74, 6) is 0.396. The van der Waals surface area contributed by atoms with Gasteiger partial charge in [-0.15, -0.1) is 0 Å². The average Bonchev–Trinajstić information content (AvgIpc) is 2.74. The zero-order valence-corrected chi connectivity index (χ0v) is 19.4. The lowest BCUT2D eigenvalue weighted by atomic mass is 10.1. The van der Waals surface area contributed by atoms with E-state index in [9.17, 15) is 8.60 Å². The lowest BCUT2D eigenvalue weighted by Crippen LogP contribution is -2.33. The molecule has 30 heavy (non-hydrogen) atoms. The summed E-state index contributed by atoms with van der Waals surface area (Å²) in [7, 11) is 0.182. The summed E-state index contributed by atoms with van der Waals surface area (Å²) in [6.07, 6.45) is 1.84. The predicted molar refractivity (Wildman–Crippen MR) is 124 cm³/mol. The average molecular weight is 434 g/mol. The van der Waals surface area contributed by atoms with Gasteiger partial charge in [-0.3, -0.25) is 0 Å². The van der Waals surface area contributed by atoms with E-state index in [-0.39, 0.29) is 11.9 Å². The molecule has 164 valence electrons. The van der Waals surface area contributed by atoms with E-state index >= 15 is 0 Å². The Balaban J connectivity index is 0.00000141. The first-order valence-corrected chi connectivity index (χ1v) is 11.1. The fraction of sp³-hybridized carbons (Fsp3) is 0.391. The van der Waals surface area contributed by atoms with E-state index in [0.29, 0.717) is 22.8 Å². The zero-order chi connectivity index (χ0) is 22.5. The molecule has 2 aromatic rings. The van der Waals surface area contributed by atoms with Gasteiger partial charge < -0.3 is 4.74 Å². The van der Waals surface area contributed by atoms with Crippen LogP contribution in [0.5, 0.6) is 5.75 Å². The van der Waals surface area contributed by atoms with Gasteiger partial charge in [0.05, 0.1) is 23.8 Å². The molecule has 0 radical (unpaired) electrons. The zero-order valence-electron chi connectivity index (χ0n) is 18.6. The molecule has 0 heterocycles. The van der Waals surface area contributed by atoms with Crippen LogP contribution in [0.15, 0.2) is 63.6 Å². The molecule has 0 fully saturated rings. The normalized spacial score (nSPS) is 13.8. The highest BCUT2D eigenvalue weighted by atomic mass is 32.2. The van der Waals surface area contributed by atoms with Gasteiger partial charge in [0.2, 0.25) is 0 Å². The number of nitrogens with zero attached hydrogens (tertiary/aromatic N) is 2. The van der Waals surface area contributed by atoms with Crippen molar-refractivity contribution in [3.8, 4) is 5.75 Å². The molecule has 1 N–H and O–H groups in total. The molecule has 2 atom stereocenters. The fourth-order valence-electron chi connectivity index (χ4n) is 2.21. The molecular formula is C23H32FN3O2S. The van der Waals surface area contributed by atoms with Crippen LogP contribution in [0.4, 0.5) is 4.39 Å². The van der Waals surface area contributed by atoms with Crippen molar-refractivity contribution >= 4 is 22.4 Å². The molecule has 0 aliphatic carbocycles. The Labute approximate surface area is 182 Å². The molecular weight excluding hydrogens is 401 g/mol. The third kappa shape index (κ3) is 9.41. The molecule has 2 rings (SSSR count). The van der Waals surface area contributed by atoms with Crippen LogP contribution in [-0.4, -0.2) is 28.8 Å². The molecule has 0 aromatic heterocycles. The monoisotopic (exact) mass is 433 g/mol. The second kappa shape index (κ2) is 13.8. The van der Waals surface area contributed by atoms with Gasteiger partial charge in [-0.25, -0.2) is 13.3 Å². The van der Waals surface area contributed by atoms with Crippen molar-refractivity contribution in [2.75, 3.05) is 7.11 Å². The minimum atomic E-state index is -1.39. The van der Waals surface area contributed by atoms with Gasteiger partial charge in [0.1, 0.15) is 22.6 Å². The van der Waals surface area contributed by atoms with E-state index in [0.717, 1.165) is 11.3 Å². The lowest BCUT2D eigenvalue weighted by Gasteiger charge is -2.12. The first-order valence-electron chi connectivity index (χ1n) is 9.94. The first kappa shape index (κ1) is 25.7. The highest BCUT2D eigenvalue weighted by molar-refractivity contribution is 7.83. The Bertz CT molecular complexity index is 867. The summed E-state index contributed by atoms with van der Waals surface area (Å²) < 4.78 is 33.6. The van der Waals surface area contributed by atoms with E-state index in [1.165, 1.54) is 18.6 Å². The topological polar surface area (TPSA) is 63.0 Å². The van der Waals surface area contributed by atoms with Crippen molar-refractivity contribution in [3.63, 3.8) is 0 Å². The summed E-state index contributed by atoms with van der Waals surface area (Å²) in [6.45, 7) is 9.82. The van der Waals surface area contributed by atoms with Gasteiger partial charge >= 0.3 is 0 Å². The van der Waals surface area contributed by atoms with Crippen LogP contribution in [-0.2, 0) is 17.4 Å². The minimum absolute atomic E-state index is 0.223. The maximum absolute atomic E-state index is 12.9. The summed E-state index contributed by atoms with van der Waals surface area (Å²) in [5, 5.41) is 8.45. The van der Waals surface area contributed by atoms with Crippen LogP contribution in [0.2, 0.25) is 0 Å². The van der Waals surface area contributed by atoms with Crippen LogP contribution < -0.4 is 9.46 Å². The van der Waals surface area contributed by atoms with Gasteiger partial charge in [0.25, 0.3) is 0 Å².